The molecule has 1 aliphatic heterocycles. The zero-order chi connectivity index (χ0) is 24.2. The molecule has 2 heterocycles. The summed E-state index contributed by atoms with van der Waals surface area (Å²) in [6.07, 6.45) is 2.61. The second kappa shape index (κ2) is 10.4. The van der Waals surface area contributed by atoms with Gasteiger partial charge in [0.15, 0.2) is 0 Å². The predicted molar refractivity (Wildman–Crippen MR) is 125 cm³/mol. The molecule has 0 unspecified atom stereocenters. The molecular formula is C24H32ClF2N3O3. The third kappa shape index (κ3) is 5.84. The average Bonchev–Trinajstić information content (AvgIpc) is 3.35. The van der Waals surface area contributed by atoms with Crippen molar-refractivity contribution in [1.82, 2.24) is 14.8 Å². The minimum Gasteiger partial charge on any atom is -0.388 e. The summed E-state index contributed by atoms with van der Waals surface area (Å²) in [5.74, 6) is -3.27. The summed E-state index contributed by atoms with van der Waals surface area (Å²) in [6.45, 7) is 5.52. The molecule has 182 valence electrons. The number of halogens is 3. The van der Waals surface area contributed by atoms with Crippen LogP contribution in [0.5, 0.6) is 0 Å². The van der Waals surface area contributed by atoms with Crippen molar-refractivity contribution in [2.75, 3.05) is 19.6 Å². The maximum atomic E-state index is 13.7. The highest BCUT2D eigenvalue weighted by atomic mass is 35.5. The van der Waals surface area contributed by atoms with Crippen molar-refractivity contribution in [1.29, 1.82) is 0 Å². The molecule has 2 aromatic rings. The van der Waals surface area contributed by atoms with Crippen molar-refractivity contribution < 1.29 is 23.5 Å². The van der Waals surface area contributed by atoms with Crippen LogP contribution in [0.2, 0.25) is 5.02 Å². The van der Waals surface area contributed by atoms with Gasteiger partial charge in [0, 0.05) is 57.0 Å². The summed E-state index contributed by atoms with van der Waals surface area (Å²) in [4.78, 5) is 26.6. The van der Waals surface area contributed by atoms with Crippen molar-refractivity contribution >= 4 is 34.3 Å². The second-order valence-electron chi connectivity index (χ2n) is 8.65. The number of benzene rings is 1. The Morgan fingerprint density at radius 1 is 1.21 bits per heavy atom. The van der Waals surface area contributed by atoms with Gasteiger partial charge in [-0.25, -0.2) is 8.78 Å². The van der Waals surface area contributed by atoms with Crippen molar-refractivity contribution in [3.05, 3.63) is 35.0 Å². The normalized spacial score (nSPS) is 22.2. The van der Waals surface area contributed by atoms with Crippen LogP contribution in [-0.4, -0.2) is 57.5 Å². The fourth-order valence-corrected chi connectivity index (χ4v) is 4.93. The number of aliphatic hydroxyl groups is 1. The van der Waals surface area contributed by atoms with Crippen LogP contribution in [0, 0.1) is 0 Å². The van der Waals surface area contributed by atoms with E-state index in [9.17, 15) is 23.5 Å². The first-order valence-corrected chi connectivity index (χ1v) is 12.0. The van der Waals surface area contributed by atoms with E-state index in [4.69, 9.17) is 11.6 Å². The summed E-state index contributed by atoms with van der Waals surface area (Å²) < 4.78 is 29.3. The van der Waals surface area contributed by atoms with E-state index in [0.29, 0.717) is 35.5 Å². The summed E-state index contributed by atoms with van der Waals surface area (Å²) in [5, 5.41) is 14.1. The van der Waals surface area contributed by atoms with Gasteiger partial charge in [0.2, 0.25) is 5.91 Å². The molecule has 2 fully saturated rings. The van der Waals surface area contributed by atoms with Crippen molar-refractivity contribution in [2.24, 2.45) is 0 Å². The number of carbonyl (C=O) groups excluding carboxylic acids is 2. The molecule has 0 spiro atoms. The molecular weight excluding hydrogens is 452 g/mol. The topological polar surface area (TPSA) is 74.6 Å². The highest BCUT2D eigenvalue weighted by Crippen LogP contribution is 2.39. The molecule has 1 aromatic heterocycles. The number of likely N-dealkylation sites (tertiary alicyclic amines) is 1. The number of rotatable bonds is 6. The monoisotopic (exact) mass is 483 g/mol. The van der Waals surface area contributed by atoms with Crippen LogP contribution in [0.1, 0.15) is 62.7 Å². The molecule has 1 saturated carbocycles. The van der Waals surface area contributed by atoms with E-state index in [1.807, 2.05) is 24.5 Å². The SMILES string of the molecule is CC.O=C(NC[C@]1(O)CCCC(F)(F)C1)c1cn(CCN2CCCC2=O)c2cccc(Cl)c12. The zero-order valence-electron chi connectivity index (χ0n) is 19.2. The Balaban J connectivity index is 0.00000149. The van der Waals surface area contributed by atoms with Crippen LogP contribution in [0.15, 0.2) is 24.4 Å². The minimum atomic E-state index is -2.93. The molecule has 1 aromatic carbocycles. The van der Waals surface area contributed by atoms with Gasteiger partial charge in [-0.15, -0.1) is 0 Å². The fraction of sp³-hybridized carbons (Fsp3) is 0.583. The molecule has 1 saturated heterocycles. The number of nitrogens with one attached hydrogen (secondary N) is 1. The van der Waals surface area contributed by atoms with Crippen molar-refractivity contribution in [2.45, 2.75) is 70.4 Å². The van der Waals surface area contributed by atoms with Gasteiger partial charge in [-0.1, -0.05) is 31.5 Å². The average molecular weight is 484 g/mol. The molecule has 0 bridgehead atoms. The summed E-state index contributed by atoms with van der Waals surface area (Å²) in [7, 11) is 0. The van der Waals surface area contributed by atoms with Crippen LogP contribution in [0.4, 0.5) is 8.78 Å². The van der Waals surface area contributed by atoms with Crippen LogP contribution in [0.3, 0.4) is 0 Å². The maximum Gasteiger partial charge on any atom is 0.253 e. The Bertz CT molecular complexity index is 1010. The van der Waals surface area contributed by atoms with Gasteiger partial charge in [-0.05, 0) is 31.4 Å². The number of alkyl halides is 2. The van der Waals surface area contributed by atoms with E-state index in [0.717, 1.165) is 18.5 Å². The molecule has 9 heteroatoms. The minimum absolute atomic E-state index is 0.130. The number of carbonyl (C=O) groups is 2. The third-order valence-corrected chi connectivity index (χ3v) is 6.55. The van der Waals surface area contributed by atoms with Gasteiger partial charge in [-0.2, -0.15) is 0 Å². The fourth-order valence-electron chi connectivity index (χ4n) is 4.66. The van der Waals surface area contributed by atoms with Gasteiger partial charge >= 0.3 is 0 Å². The molecule has 0 radical (unpaired) electrons. The maximum absolute atomic E-state index is 13.7. The Morgan fingerprint density at radius 2 is 1.97 bits per heavy atom. The lowest BCUT2D eigenvalue weighted by Crippen LogP contribution is -2.49. The van der Waals surface area contributed by atoms with Gasteiger partial charge in [0.1, 0.15) is 0 Å². The predicted octanol–water partition coefficient (Wildman–Crippen LogP) is 4.61. The number of hydrogen-bond acceptors (Lipinski definition) is 3. The molecule has 6 nitrogen and oxygen atoms in total. The highest BCUT2D eigenvalue weighted by Gasteiger charge is 2.44. The van der Waals surface area contributed by atoms with Gasteiger partial charge in [0.25, 0.3) is 11.8 Å². The van der Waals surface area contributed by atoms with Crippen LogP contribution in [0.25, 0.3) is 10.9 Å². The van der Waals surface area contributed by atoms with Crippen LogP contribution in [-0.2, 0) is 11.3 Å². The van der Waals surface area contributed by atoms with Gasteiger partial charge in [-0.3, -0.25) is 9.59 Å². The van der Waals surface area contributed by atoms with E-state index < -0.39 is 23.9 Å². The van der Waals surface area contributed by atoms with Crippen LogP contribution < -0.4 is 5.32 Å². The lowest BCUT2D eigenvalue weighted by molar-refractivity contribution is -0.127. The van der Waals surface area contributed by atoms with Crippen molar-refractivity contribution in [3.63, 3.8) is 0 Å². The van der Waals surface area contributed by atoms with Crippen LogP contribution >= 0.6 is 11.6 Å². The molecule has 33 heavy (non-hydrogen) atoms. The summed E-state index contributed by atoms with van der Waals surface area (Å²) in [6, 6.07) is 5.32. The van der Waals surface area contributed by atoms with E-state index >= 15 is 0 Å². The smallest absolute Gasteiger partial charge is 0.253 e. The van der Waals surface area contributed by atoms with Gasteiger partial charge < -0.3 is 19.9 Å². The van der Waals surface area contributed by atoms with E-state index in [1.54, 1.807) is 23.2 Å². The highest BCUT2D eigenvalue weighted by molar-refractivity contribution is 6.36. The Hall–Kier alpha value is -2.19. The summed E-state index contributed by atoms with van der Waals surface area (Å²) >= 11 is 6.38. The molecule has 4 rings (SSSR count). The number of amides is 2. The largest absolute Gasteiger partial charge is 0.388 e. The van der Waals surface area contributed by atoms with E-state index in [-0.39, 0.29) is 31.7 Å². The first kappa shape index (κ1) is 25.4. The quantitative estimate of drug-likeness (QED) is 0.630. The molecule has 1 aliphatic carbocycles. The molecule has 1 atom stereocenters. The molecule has 2 amide bonds. The molecule has 2 aliphatic rings. The molecule has 2 N–H and O–H groups in total. The number of nitrogens with zero attached hydrogens (tertiary/aromatic N) is 2. The third-order valence-electron chi connectivity index (χ3n) is 6.23. The van der Waals surface area contributed by atoms with Gasteiger partial charge in [0.05, 0.1) is 21.7 Å². The standard InChI is InChI=1S/C22H26ClF2N3O3.C2H6/c23-16-4-1-5-17-19(16)15(12-28(17)11-10-27-9-2-6-18(27)29)20(30)26-14-21(31)7-3-8-22(24,25)13-21;1-2/h1,4-5,12,31H,2-3,6-11,13-14H2,(H,26,30);1-2H3/t21-;/m0./s1. The Labute approximate surface area is 197 Å². The lowest BCUT2D eigenvalue weighted by Gasteiger charge is -2.36. The Kier molecular flexibility index (Phi) is 8.00. The lowest BCUT2D eigenvalue weighted by atomic mass is 9.82. The van der Waals surface area contributed by atoms with Crippen molar-refractivity contribution in [3.8, 4) is 0 Å². The van der Waals surface area contributed by atoms with E-state index in [2.05, 4.69) is 5.32 Å². The second-order valence-corrected chi connectivity index (χ2v) is 9.05. The summed E-state index contributed by atoms with van der Waals surface area (Å²) in [5.41, 5.74) is -0.554. The first-order valence-electron chi connectivity index (χ1n) is 11.6. The first-order chi connectivity index (χ1) is 15.7. The van der Waals surface area contributed by atoms with E-state index in [1.165, 1.54) is 0 Å². The Morgan fingerprint density at radius 3 is 2.64 bits per heavy atom. The number of hydrogen-bond donors (Lipinski definition) is 2. The number of aromatic nitrogens is 1. The zero-order valence-corrected chi connectivity index (χ0v) is 19.9. The number of fused-ring (bicyclic) bond motifs is 1.